The van der Waals surface area contributed by atoms with Crippen LogP contribution in [0.1, 0.15) is 5.56 Å². The maximum Gasteiger partial charge on any atom is 0.265 e. The summed E-state index contributed by atoms with van der Waals surface area (Å²) in [6.45, 7) is -0.243. The fourth-order valence-corrected chi connectivity index (χ4v) is 3.48. The summed E-state index contributed by atoms with van der Waals surface area (Å²) in [5.41, 5.74) is 1.11. The monoisotopic (exact) mass is 503 g/mol. The number of anilines is 1. The van der Waals surface area contributed by atoms with E-state index >= 15 is 0 Å². The Hall–Kier alpha value is -3.24. The largest absolute Gasteiger partial charge is 0.493 e. The first kappa shape index (κ1) is 22.4. The second-order valence-corrected chi connectivity index (χ2v) is 7.66. The Morgan fingerprint density at radius 2 is 1.97 bits per heavy atom. The van der Waals surface area contributed by atoms with Gasteiger partial charge in [0.2, 0.25) is 0 Å². The molecule has 3 amide bonds. The van der Waals surface area contributed by atoms with Crippen molar-refractivity contribution in [3.05, 3.63) is 58.1 Å². The van der Waals surface area contributed by atoms with Gasteiger partial charge in [-0.3, -0.25) is 24.6 Å². The molecule has 160 valence electrons. The summed E-state index contributed by atoms with van der Waals surface area (Å²) in [6, 6.07) is 12.2. The first-order chi connectivity index (χ1) is 14.8. The molecule has 0 aliphatic carbocycles. The van der Waals surface area contributed by atoms with E-state index in [4.69, 9.17) is 21.7 Å². The summed E-state index contributed by atoms with van der Waals surface area (Å²) in [5.74, 6) is -0.801. The SMILES string of the molecule is COc1cc(/C=C2\C(=O)NC(=S)N(C)C2=O)cc(Br)c1OCC(=O)Nc1ccccc1. The van der Waals surface area contributed by atoms with E-state index < -0.39 is 11.8 Å². The van der Waals surface area contributed by atoms with E-state index in [1.807, 2.05) is 18.2 Å². The van der Waals surface area contributed by atoms with Crippen LogP contribution in [0.2, 0.25) is 0 Å². The molecule has 1 aliphatic heterocycles. The van der Waals surface area contributed by atoms with Gasteiger partial charge in [0, 0.05) is 12.7 Å². The fraction of sp³-hybridized carbons (Fsp3) is 0.143. The molecule has 3 rings (SSSR count). The summed E-state index contributed by atoms with van der Waals surface area (Å²) in [6.07, 6.45) is 1.43. The van der Waals surface area contributed by atoms with Gasteiger partial charge in [-0.15, -0.1) is 0 Å². The summed E-state index contributed by atoms with van der Waals surface area (Å²) in [4.78, 5) is 37.9. The van der Waals surface area contributed by atoms with Gasteiger partial charge in [-0.05, 0) is 64.1 Å². The lowest BCUT2D eigenvalue weighted by Crippen LogP contribution is -2.52. The predicted octanol–water partition coefficient (Wildman–Crippen LogP) is 2.73. The highest BCUT2D eigenvalue weighted by Gasteiger charge is 2.30. The highest BCUT2D eigenvalue weighted by molar-refractivity contribution is 9.10. The first-order valence-electron chi connectivity index (χ1n) is 9.00. The van der Waals surface area contributed by atoms with Crippen molar-refractivity contribution in [3.63, 3.8) is 0 Å². The van der Waals surface area contributed by atoms with Crippen molar-refractivity contribution < 1.29 is 23.9 Å². The number of halogens is 1. The number of ether oxygens (including phenoxy) is 2. The lowest BCUT2D eigenvalue weighted by molar-refractivity contribution is -0.128. The Morgan fingerprint density at radius 1 is 1.26 bits per heavy atom. The zero-order chi connectivity index (χ0) is 22.5. The number of likely N-dealkylation sites (N-methyl/N-ethyl adjacent to an activating group) is 1. The van der Waals surface area contributed by atoms with Crippen molar-refractivity contribution in [2.24, 2.45) is 0 Å². The number of rotatable bonds is 6. The Kier molecular flexibility index (Phi) is 7.03. The van der Waals surface area contributed by atoms with Gasteiger partial charge in [0.25, 0.3) is 17.7 Å². The molecule has 0 saturated carbocycles. The minimum absolute atomic E-state index is 0.0449. The summed E-state index contributed by atoms with van der Waals surface area (Å²) >= 11 is 8.33. The number of carbonyl (C=O) groups is 3. The van der Waals surface area contributed by atoms with E-state index in [0.717, 1.165) is 0 Å². The van der Waals surface area contributed by atoms with Crippen molar-refractivity contribution in [3.8, 4) is 11.5 Å². The fourth-order valence-electron chi connectivity index (χ4n) is 2.73. The number of amides is 3. The van der Waals surface area contributed by atoms with Crippen LogP contribution in [0.15, 0.2) is 52.5 Å². The standard InChI is InChI=1S/C21H18BrN3O5S/c1-25-20(28)14(19(27)24-21(25)31)8-12-9-15(22)18(16(10-12)29-2)30-11-17(26)23-13-6-4-3-5-7-13/h3-10H,11H2,1-2H3,(H,23,26)(H,24,27,31)/b14-8+. The van der Waals surface area contributed by atoms with Gasteiger partial charge >= 0.3 is 0 Å². The lowest BCUT2D eigenvalue weighted by atomic mass is 10.1. The second kappa shape index (κ2) is 9.71. The molecule has 31 heavy (non-hydrogen) atoms. The van der Waals surface area contributed by atoms with Gasteiger partial charge in [-0.25, -0.2) is 0 Å². The van der Waals surface area contributed by atoms with Crippen LogP contribution in [0.4, 0.5) is 5.69 Å². The molecule has 1 saturated heterocycles. The van der Waals surface area contributed by atoms with Crippen LogP contribution in [0, 0.1) is 0 Å². The van der Waals surface area contributed by atoms with E-state index in [2.05, 4.69) is 26.6 Å². The van der Waals surface area contributed by atoms with Gasteiger partial charge in [-0.1, -0.05) is 18.2 Å². The van der Waals surface area contributed by atoms with Crippen molar-refractivity contribution in [2.75, 3.05) is 26.1 Å². The Morgan fingerprint density at radius 3 is 2.65 bits per heavy atom. The second-order valence-electron chi connectivity index (χ2n) is 6.42. The number of hydrogen-bond acceptors (Lipinski definition) is 6. The molecule has 1 heterocycles. The molecule has 10 heteroatoms. The number of para-hydroxylation sites is 1. The molecule has 0 bridgehead atoms. The van der Waals surface area contributed by atoms with Gasteiger partial charge in [-0.2, -0.15) is 0 Å². The molecule has 0 spiro atoms. The third-order valence-corrected chi connectivity index (χ3v) is 5.24. The molecule has 0 atom stereocenters. The Labute approximate surface area is 192 Å². The molecular weight excluding hydrogens is 486 g/mol. The van der Waals surface area contributed by atoms with Gasteiger partial charge in [0.05, 0.1) is 11.6 Å². The maximum absolute atomic E-state index is 12.4. The maximum atomic E-state index is 12.4. The first-order valence-corrected chi connectivity index (χ1v) is 10.2. The van der Waals surface area contributed by atoms with Crippen LogP contribution >= 0.6 is 28.1 Å². The molecule has 0 aromatic heterocycles. The van der Waals surface area contributed by atoms with Gasteiger partial charge in [0.1, 0.15) is 5.57 Å². The average Bonchev–Trinajstić information content (AvgIpc) is 2.74. The molecule has 8 nitrogen and oxygen atoms in total. The normalized spacial score (nSPS) is 15.0. The number of hydrogen-bond donors (Lipinski definition) is 2. The molecule has 1 fully saturated rings. The van der Waals surface area contributed by atoms with E-state index in [-0.39, 0.29) is 23.2 Å². The molecule has 1 aliphatic rings. The molecule has 0 unspecified atom stereocenters. The van der Waals surface area contributed by atoms with E-state index in [9.17, 15) is 14.4 Å². The zero-order valence-electron chi connectivity index (χ0n) is 16.6. The summed E-state index contributed by atoms with van der Waals surface area (Å²) in [5, 5.41) is 5.22. The highest BCUT2D eigenvalue weighted by Crippen LogP contribution is 2.37. The number of methoxy groups -OCH3 is 1. The lowest BCUT2D eigenvalue weighted by Gasteiger charge is -2.25. The zero-order valence-corrected chi connectivity index (χ0v) is 19.0. The highest BCUT2D eigenvalue weighted by atomic mass is 79.9. The van der Waals surface area contributed by atoms with Crippen molar-refractivity contribution >= 4 is 62.7 Å². The quantitative estimate of drug-likeness (QED) is 0.357. The molecule has 2 aromatic carbocycles. The van der Waals surface area contributed by atoms with E-state index in [1.54, 1.807) is 24.3 Å². The smallest absolute Gasteiger partial charge is 0.265 e. The van der Waals surface area contributed by atoms with Crippen molar-refractivity contribution in [1.82, 2.24) is 10.2 Å². The summed E-state index contributed by atoms with van der Waals surface area (Å²) in [7, 11) is 2.92. The molecule has 2 aromatic rings. The van der Waals surface area contributed by atoms with Gasteiger partial charge in [0.15, 0.2) is 23.2 Å². The average molecular weight is 504 g/mol. The van der Waals surface area contributed by atoms with Crippen LogP contribution in [0.25, 0.3) is 6.08 Å². The van der Waals surface area contributed by atoms with Crippen LogP contribution in [-0.4, -0.2) is 48.5 Å². The predicted molar refractivity (Wildman–Crippen MR) is 123 cm³/mol. The Balaban J connectivity index is 1.79. The van der Waals surface area contributed by atoms with E-state index in [0.29, 0.717) is 27.2 Å². The van der Waals surface area contributed by atoms with Crippen LogP contribution in [0.3, 0.4) is 0 Å². The van der Waals surface area contributed by atoms with Crippen LogP contribution in [-0.2, 0) is 14.4 Å². The third kappa shape index (κ3) is 5.28. The number of nitrogens with one attached hydrogen (secondary N) is 2. The van der Waals surface area contributed by atoms with Crippen LogP contribution in [0.5, 0.6) is 11.5 Å². The van der Waals surface area contributed by atoms with E-state index in [1.165, 1.54) is 25.1 Å². The number of carbonyl (C=O) groups excluding carboxylic acids is 3. The molecule has 2 N–H and O–H groups in total. The number of benzene rings is 2. The van der Waals surface area contributed by atoms with Crippen molar-refractivity contribution in [1.29, 1.82) is 0 Å². The Bertz CT molecular complexity index is 1090. The third-order valence-electron chi connectivity index (χ3n) is 4.27. The molecular formula is C21H18BrN3O5S. The summed E-state index contributed by atoms with van der Waals surface area (Å²) < 4.78 is 11.5. The van der Waals surface area contributed by atoms with Crippen LogP contribution < -0.4 is 20.1 Å². The minimum Gasteiger partial charge on any atom is -0.493 e. The van der Waals surface area contributed by atoms with Crippen molar-refractivity contribution in [2.45, 2.75) is 0 Å². The minimum atomic E-state index is -0.582. The number of nitrogens with zero attached hydrogens (tertiary/aromatic N) is 1. The number of thiocarbonyl (C=S) groups is 1. The molecule has 0 radical (unpaired) electrons. The van der Waals surface area contributed by atoms with Gasteiger partial charge < -0.3 is 14.8 Å². The topological polar surface area (TPSA) is 97.0 Å².